The number of sulfonamides is 1. The molecule has 0 radical (unpaired) electrons. The van der Waals surface area contributed by atoms with Crippen LogP contribution in [0.5, 0.6) is 5.75 Å². The van der Waals surface area contributed by atoms with Gasteiger partial charge in [-0.25, -0.2) is 23.4 Å². The lowest BCUT2D eigenvalue weighted by atomic mass is 10.3. The monoisotopic (exact) mass is 387 g/mol. The molecule has 3 rings (SSSR count). The normalized spacial score (nSPS) is 11.3. The number of hydrogen-bond acceptors (Lipinski definition) is 6. The van der Waals surface area contributed by atoms with Crippen LogP contribution in [0, 0.1) is 6.92 Å². The molecule has 1 aromatic carbocycles. The van der Waals surface area contributed by atoms with Crippen LogP contribution in [-0.2, 0) is 10.0 Å². The molecule has 0 aliphatic rings. The lowest BCUT2D eigenvalue weighted by molar-refractivity contribution is 0.309. The summed E-state index contributed by atoms with van der Waals surface area (Å²) < 4.78 is 35.0. The zero-order valence-corrected chi connectivity index (χ0v) is 16.0. The Labute approximate surface area is 158 Å². The van der Waals surface area contributed by atoms with Gasteiger partial charge in [-0.1, -0.05) is 13.3 Å². The van der Waals surface area contributed by atoms with Crippen molar-refractivity contribution in [2.45, 2.75) is 31.6 Å². The van der Waals surface area contributed by atoms with Gasteiger partial charge in [0.2, 0.25) is 0 Å². The van der Waals surface area contributed by atoms with Crippen molar-refractivity contribution in [2.24, 2.45) is 0 Å². The fourth-order valence-corrected chi connectivity index (χ4v) is 3.40. The summed E-state index contributed by atoms with van der Waals surface area (Å²) in [5, 5.41) is 0. The Morgan fingerprint density at radius 3 is 2.59 bits per heavy atom. The number of aryl methyl sites for hydroxylation is 1. The lowest BCUT2D eigenvalue weighted by Crippen LogP contribution is -2.14. The van der Waals surface area contributed by atoms with Crippen molar-refractivity contribution < 1.29 is 13.2 Å². The molecule has 0 spiro atoms. The maximum atomic E-state index is 12.6. The summed E-state index contributed by atoms with van der Waals surface area (Å²) in [6, 6.07) is 7.85. The molecule has 142 valence electrons. The molecule has 8 nitrogen and oxygen atoms in total. The van der Waals surface area contributed by atoms with Crippen LogP contribution in [0.1, 0.15) is 25.6 Å². The zero-order valence-electron chi connectivity index (χ0n) is 15.2. The van der Waals surface area contributed by atoms with Crippen LogP contribution in [0.25, 0.3) is 5.82 Å². The predicted octanol–water partition coefficient (Wildman–Crippen LogP) is 2.95. The maximum absolute atomic E-state index is 12.6. The molecule has 2 heterocycles. The van der Waals surface area contributed by atoms with Gasteiger partial charge >= 0.3 is 0 Å². The van der Waals surface area contributed by atoms with E-state index in [1.165, 1.54) is 18.5 Å². The Bertz CT molecular complexity index is 1000. The third kappa shape index (κ3) is 4.62. The van der Waals surface area contributed by atoms with Crippen molar-refractivity contribution in [3.63, 3.8) is 0 Å². The minimum Gasteiger partial charge on any atom is -0.494 e. The molecular weight excluding hydrogens is 366 g/mol. The number of nitrogens with one attached hydrogen (secondary N) is 1. The van der Waals surface area contributed by atoms with Gasteiger partial charge in [-0.15, -0.1) is 0 Å². The van der Waals surface area contributed by atoms with E-state index in [9.17, 15) is 8.42 Å². The van der Waals surface area contributed by atoms with Gasteiger partial charge in [-0.05, 0) is 37.6 Å². The van der Waals surface area contributed by atoms with Crippen molar-refractivity contribution >= 4 is 15.8 Å². The van der Waals surface area contributed by atoms with Crippen molar-refractivity contribution in [1.29, 1.82) is 0 Å². The number of nitrogens with zero attached hydrogens (tertiary/aromatic N) is 4. The minimum absolute atomic E-state index is 0.129. The summed E-state index contributed by atoms with van der Waals surface area (Å²) in [5.74, 6) is 2.08. The molecule has 0 amide bonds. The van der Waals surface area contributed by atoms with Gasteiger partial charge < -0.3 is 4.74 Å². The first-order valence-electron chi connectivity index (χ1n) is 8.57. The standard InChI is InChI=1S/C18H21N5O3S/c1-3-4-11-26-15-5-7-16(8-6-15)27(24,25)22-17-12-18(21-13-20-17)23-10-9-19-14(23)2/h5-10,12-13H,3-4,11H2,1-2H3,(H,20,21,22). The van der Waals surface area contributed by atoms with Crippen LogP contribution in [0.2, 0.25) is 0 Å². The fraction of sp³-hybridized carbons (Fsp3) is 0.278. The third-order valence-electron chi connectivity index (χ3n) is 3.86. The Kier molecular flexibility index (Phi) is 5.70. The first-order chi connectivity index (χ1) is 13.0. The van der Waals surface area contributed by atoms with E-state index in [0.717, 1.165) is 18.7 Å². The van der Waals surface area contributed by atoms with Crippen LogP contribution in [0.15, 0.2) is 53.9 Å². The largest absolute Gasteiger partial charge is 0.494 e. The highest BCUT2D eigenvalue weighted by Gasteiger charge is 2.16. The molecule has 0 atom stereocenters. The van der Waals surface area contributed by atoms with Crippen LogP contribution < -0.4 is 9.46 Å². The van der Waals surface area contributed by atoms with Gasteiger partial charge in [0.05, 0.1) is 11.5 Å². The molecule has 0 saturated heterocycles. The number of anilines is 1. The molecular formula is C18H21N5O3S. The van der Waals surface area contributed by atoms with E-state index >= 15 is 0 Å². The first kappa shape index (κ1) is 18.8. The molecule has 0 aliphatic carbocycles. The molecule has 0 saturated carbocycles. The highest BCUT2D eigenvalue weighted by molar-refractivity contribution is 7.92. The molecule has 0 fully saturated rings. The van der Waals surface area contributed by atoms with Gasteiger partial charge in [0, 0.05) is 18.5 Å². The Morgan fingerprint density at radius 2 is 1.93 bits per heavy atom. The van der Waals surface area contributed by atoms with E-state index in [2.05, 4.69) is 26.6 Å². The molecule has 0 bridgehead atoms. The number of aromatic nitrogens is 4. The van der Waals surface area contributed by atoms with E-state index in [1.807, 2.05) is 6.92 Å². The highest BCUT2D eigenvalue weighted by atomic mass is 32.2. The number of hydrogen-bond donors (Lipinski definition) is 1. The quantitative estimate of drug-likeness (QED) is 0.597. The Hall–Kier alpha value is -2.94. The number of unbranched alkanes of at least 4 members (excludes halogenated alkanes) is 1. The average molecular weight is 387 g/mol. The summed E-state index contributed by atoms with van der Waals surface area (Å²) in [6.45, 7) is 4.52. The van der Waals surface area contributed by atoms with E-state index in [1.54, 1.807) is 35.2 Å². The average Bonchev–Trinajstić information content (AvgIpc) is 3.08. The number of rotatable bonds is 8. The van der Waals surface area contributed by atoms with E-state index in [-0.39, 0.29) is 10.7 Å². The van der Waals surface area contributed by atoms with Gasteiger partial charge in [0.1, 0.15) is 29.5 Å². The smallest absolute Gasteiger partial charge is 0.263 e. The van der Waals surface area contributed by atoms with Crippen molar-refractivity contribution in [2.75, 3.05) is 11.3 Å². The Morgan fingerprint density at radius 1 is 1.15 bits per heavy atom. The molecule has 2 aromatic heterocycles. The molecule has 9 heteroatoms. The van der Waals surface area contributed by atoms with Gasteiger partial charge in [0.25, 0.3) is 10.0 Å². The topological polar surface area (TPSA) is 99.0 Å². The lowest BCUT2D eigenvalue weighted by Gasteiger charge is -2.10. The maximum Gasteiger partial charge on any atom is 0.263 e. The first-order valence-corrected chi connectivity index (χ1v) is 10.1. The second kappa shape index (κ2) is 8.17. The van der Waals surface area contributed by atoms with E-state index < -0.39 is 10.0 Å². The molecule has 0 aliphatic heterocycles. The number of ether oxygens (including phenoxy) is 1. The fourth-order valence-electron chi connectivity index (χ4n) is 2.40. The van der Waals surface area contributed by atoms with Crippen molar-refractivity contribution in [3.05, 3.63) is 54.9 Å². The molecule has 0 unspecified atom stereocenters. The zero-order chi connectivity index (χ0) is 19.3. The van der Waals surface area contributed by atoms with Crippen LogP contribution in [-0.4, -0.2) is 34.5 Å². The van der Waals surface area contributed by atoms with Crippen LogP contribution in [0.3, 0.4) is 0 Å². The highest BCUT2D eigenvalue weighted by Crippen LogP contribution is 2.19. The second-order valence-electron chi connectivity index (χ2n) is 5.88. The summed E-state index contributed by atoms with van der Waals surface area (Å²) in [4.78, 5) is 12.4. The van der Waals surface area contributed by atoms with Crippen LogP contribution >= 0.6 is 0 Å². The van der Waals surface area contributed by atoms with E-state index in [4.69, 9.17) is 4.74 Å². The summed E-state index contributed by atoms with van der Waals surface area (Å²) in [6.07, 6.45) is 6.68. The number of benzene rings is 1. The molecule has 3 aromatic rings. The second-order valence-corrected chi connectivity index (χ2v) is 7.57. The predicted molar refractivity (Wildman–Crippen MR) is 102 cm³/mol. The summed E-state index contributed by atoms with van der Waals surface area (Å²) in [5.41, 5.74) is 0. The van der Waals surface area contributed by atoms with Crippen LogP contribution in [0.4, 0.5) is 5.82 Å². The van der Waals surface area contributed by atoms with Crippen molar-refractivity contribution in [3.8, 4) is 11.6 Å². The minimum atomic E-state index is -3.77. The number of imidazole rings is 1. The van der Waals surface area contributed by atoms with Gasteiger partial charge in [-0.3, -0.25) is 9.29 Å². The van der Waals surface area contributed by atoms with Gasteiger partial charge in [0.15, 0.2) is 0 Å². The summed E-state index contributed by atoms with van der Waals surface area (Å²) >= 11 is 0. The summed E-state index contributed by atoms with van der Waals surface area (Å²) in [7, 11) is -3.77. The molecule has 1 N–H and O–H groups in total. The van der Waals surface area contributed by atoms with Gasteiger partial charge in [-0.2, -0.15) is 0 Å². The van der Waals surface area contributed by atoms with E-state index in [0.29, 0.717) is 18.2 Å². The third-order valence-corrected chi connectivity index (χ3v) is 5.24. The molecule has 27 heavy (non-hydrogen) atoms. The Balaban J connectivity index is 1.76. The van der Waals surface area contributed by atoms with Crippen molar-refractivity contribution in [1.82, 2.24) is 19.5 Å². The SMILES string of the molecule is CCCCOc1ccc(S(=O)(=O)Nc2cc(-n3ccnc3C)ncn2)cc1.